The average Bonchev–Trinajstić information content (AvgIpc) is 2.43. The molecule has 0 aromatic heterocycles. The van der Waals surface area contributed by atoms with Gasteiger partial charge in [0.25, 0.3) is 0 Å². The molecule has 21 heavy (non-hydrogen) atoms. The molecule has 0 aromatic carbocycles. The Hall–Kier alpha value is 2.68. The van der Waals surface area contributed by atoms with E-state index in [4.69, 9.17) is 4.74 Å². The predicted octanol–water partition coefficient (Wildman–Crippen LogP) is 8.00. The number of rotatable bonds is 14. The van der Waals surface area contributed by atoms with E-state index in [9.17, 15) is 0 Å². The molecule has 0 unspecified atom stereocenters. The largest absolute Gasteiger partial charge is 0.524 e. The van der Waals surface area contributed by atoms with E-state index in [2.05, 4.69) is 74.7 Å². The van der Waals surface area contributed by atoms with Gasteiger partial charge in [-0.25, -0.2) is 0 Å². The molecule has 0 atom stereocenters. The van der Waals surface area contributed by atoms with Gasteiger partial charge in [-0.05, 0) is 12.8 Å². The van der Waals surface area contributed by atoms with Crippen molar-refractivity contribution in [3.8, 4) is 0 Å². The summed E-state index contributed by atoms with van der Waals surface area (Å²) < 4.78 is 5.42. The van der Waals surface area contributed by atoms with E-state index in [0.717, 1.165) is 13.2 Å². The highest BCUT2D eigenvalue weighted by Crippen LogP contribution is 2.10. The summed E-state index contributed by atoms with van der Waals surface area (Å²) in [7, 11) is 0. The first-order valence-corrected chi connectivity index (χ1v) is 21.2. The first-order valence-electron chi connectivity index (χ1n) is 8.65. The van der Waals surface area contributed by atoms with Crippen molar-refractivity contribution in [3.05, 3.63) is 0 Å². The molecule has 0 N–H and O–H groups in total. The van der Waals surface area contributed by atoms with Crippen molar-refractivity contribution in [2.45, 2.75) is 90.9 Å². The van der Waals surface area contributed by atoms with E-state index in [0.29, 0.717) is 0 Å². The number of hydrogen-bond donors (Lipinski definition) is 0. The van der Waals surface area contributed by atoms with Gasteiger partial charge in [0.1, 0.15) is 0 Å². The molecular weight excluding hydrogens is 616 g/mol. The Morgan fingerprint density at radius 3 is 1.19 bits per heavy atom. The molecule has 0 aromatic rings. The van der Waals surface area contributed by atoms with Gasteiger partial charge in [0, 0.05) is 13.2 Å². The topological polar surface area (TPSA) is 9.23 Å². The Balaban J connectivity index is 0. The van der Waals surface area contributed by atoms with Gasteiger partial charge in [-0.3, -0.25) is 0 Å². The maximum atomic E-state index is 5.65. The van der Waals surface area contributed by atoms with Crippen molar-refractivity contribution in [2.75, 3.05) is 13.2 Å². The van der Waals surface area contributed by atoms with Gasteiger partial charge >= 0.3 is 4.30 Å². The van der Waals surface area contributed by atoms with E-state index in [1.165, 1.54) is 77.0 Å². The lowest BCUT2D eigenvalue weighted by molar-refractivity contribution is 0.125. The third kappa shape index (κ3) is 34.9. The fourth-order valence-electron chi connectivity index (χ4n) is 2.07. The summed E-state index contributed by atoms with van der Waals surface area (Å²) in [5, 5.41) is 0. The van der Waals surface area contributed by atoms with Crippen LogP contribution >= 0.6 is 60.8 Å². The minimum atomic E-state index is -0.229. The Kier molecular flexibility index (Phi) is 30.8. The second-order valence-electron chi connectivity index (χ2n) is 5.40. The van der Waals surface area contributed by atoms with Crippen molar-refractivity contribution >= 4 is 65.1 Å². The third-order valence-corrected chi connectivity index (χ3v) is 3.28. The van der Waals surface area contributed by atoms with E-state index >= 15 is 0 Å². The summed E-state index contributed by atoms with van der Waals surface area (Å²) in [4.78, 5) is 0. The number of halogens is 3. The van der Waals surface area contributed by atoms with Crippen LogP contribution in [0, 0.1) is 0 Å². The molecule has 0 aliphatic rings. The molecule has 0 aliphatic carbocycles. The quantitative estimate of drug-likeness (QED) is 0.105. The lowest BCUT2D eigenvalue weighted by Crippen LogP contribution is -1.97. The molecule has 1 nitrogen and oxygen atoms in total. The summed E-state index contributed by atoms with van der Waals surface area (Å²) in [6, 6.07) is 0. The zero-order chi connectivity index (χ0) is 16.2. The maximum Gasteiger partial charge on any atom is 0.524 e. The summed E-state index contributed by atoms with van der Waals surface area (Å²) >= 11 is 7.37. The number of ether oxygens (including phenoxy) is 1. The van der Waals surface area contributed by atoms with Gasteiger partial charge in [-0.1, -0.05) is 78.1 Å². The van der Waals surface area contributed by atoms with E-state index in [1.807, 2.05) is 0 Å². The fourth-order valence-corrected chi connectivity index (χ4v) is 2.07. The van der Waals surface area contributed by atoms with Crippen LogP contribution in [0.15, 0.2) is 0 Å². The second-order valence-corrected chi connectivity index (χ2v) is 38.6. The average molecular weight is 650 g/mol. The molecule has 0 aliphatic heterocycles. The van der Waals surface area contributed by atoms with Gasteiger partial charge in [0.05, 0.1) is 0 Å². The van der Waals surface area contributed by atoms with Crippen molar-refractivity contribution in [1.29, 1.82) is 0 Å². The lowest BCUT2D eigenvalue weighted by atomic mass is 10.1. The predicted molar refractivity (Wildman–Crippen MR) is 125 cm³/mol. The summed E-state index contributed by atoms with van der Waals surface area (Å²) in [6.07, 6.45) is 16.3. The third-order valence-electron chi connectivity index (χ3n) is 3.28. The zero-order valence-corrected chi connectivity index (χ0v) is 21.6. The van der Waals surface area contributed by atoms with Crippen LogP contribution in [0.3, 0.4) is 0 Å². The van der Waals surface area contributed by atoms with Crippen molar-refractivity contribution in [2.24, 2.45) is 0 Å². The molecule has 0 radical (unpaired) electrons. The SMILES string of the molecule is CCCCCCCCOCCCCCCCC.[I][Al]([I])[I]. The molecule has 128 valence electrons. The van der Waals surface area contributed by atoms with Gasteiger partial charge in [0.15, 0.2) is 0 Å². The van der Waals surface area contributed by atoms with E-state index < -0.39 is 0 Å². The Morgan fingerprint density at radius 1 is 0.571 bits per heavy atom. The highest BCUT2D eigenvalue weighted by Gasteiger charge is 1.94. The highest BCUT2D eigenvalue weighted by atomic mass is 127. The molecule has 0 bridgehead atoms. The van der Waals surface area contributed by atoms with Crippen LogP contribution in [-0.2, 0) is 4.74 Å². The first kappa shape index (κ1) is 25.9. The second kappa shape index (κ2) is 24.9. The fraction of sp³-hybridized carbons (Fsp3) is 1.00. The highest BCUT2D eigenvalue weighted by molar-refractivity contribution is 14.4. The van der Waals surface area contributed by atoms with Crippen LogP contribution < -0.4 is 0 Å². The summed E-state index contributed by atoms with van der Waals surface area (Å²) in [5.74, 6) is 0. The normalized spacial score (nSPS) is 10.1. The van der Waals surface area contributed by atoms with Crippen LogP contribution in [0.25, 0.3) is 0 Å². The van der Waals surface area contributed by atoms with Gasteiger partial charge in [-0.15, -0.1) is 0 Å². The standard InChI is InChI=1S/C16H34O.Al.3HI/c1-3-5-7-9-11-13-15-17-16-14-12-10-8-6-4-2;;;;/h3-16H2,1-2H3;;3*1H/q;+3;;;/p-3. The van der Waals surface area contributed by atoms with Crippen molar-refractivity contribution < 1.29 is 4.74 Å². The summed E-state index contributed by atoms with van der Waals surface area (Å²) in [6.45, 7) is 6.51. The molecule has 0 rings (SSSR count). The van der Waals surface area contributed by atoms with Crippen LogP contribution in [-0.4, -0.2) is 17.5 Å². The Bertz CT molecular complexity index is 155. The van der Waals surface area contributed by atoms with Crippen molar-refractivity contribution in [3.63, 3.8) is 0 Å². The first-order chi connectivity index (χ1) is 10.1. The molecule has 0 amide bonds. The van der Waals surface area contributed by atoms with E-state index in [1.54, 1.807) is 0 Å². The van der Waals surface area contributed by atoms with Crippen molar-refractivity contribution in [1.82, 2.24) is 0 Å². The molecule has 0 fully saturated rings. The minimum Gasteiger partial charge on any atom is -0.381 e. The van der Waals surface area contributed by atoms with Crippen LogP contribution in [0.2, 0.25) is 0 Å². The number of unbranched alkanes of at least 4 members (excludes halogenated alkanes) is 10. The number of hydrogen-bond acceptors (Lipinski definition) is 1. The Labute approximate surface area is 171 Å². The minimum absolute atomic E-state index is 0.229. The van der Waals surface area contributed by atoms with Gasteiger partial charge < -0.3 is 4.74 Å². The summed E-state index contributed by atoms with van der Waals surface area (Å²) in [5.41, 5.74) is 0. The lowest BCUT2D eigenvalue weighted by Gasteiger charge is -2.04. The van der Waals surface area contributed by atoms with E-state index in [-0.39, 0.29) is 4.30 Å². The smallest absolute Gasteiger partial charge is 0.381 e. The monoisotopic (exact) mass is 650 g/mol. The van der Waals surface area contributed by atoms with Crippen LogP contribution in [0.1, 0.15) is 90.9 Å². The maximum absolute atomic E-state index is 5.65. The molecule has 0 saturated heterocycles. The molecule has 0 spiro atoms. The Morgan fingerprint density at radius 2 is 0.857 bits per heavy atom. The van der Waals surface area contributed by atoms with Gasteiger partial charge in [0.2, 0.25) is 0 Å². The molecule has 0 saturated carbocycles. The molecular formula is C16H34AlI3O. The zero-order valence-electron chi connectivity index (χ0n) is 14.0. The van der Waals surface area contributed by atoms with Crippen LogP contribution in [0.4, 0.5) is 0 Å². The van der Waals surface area contributed by atoms with Crippen LogP contribution in [0.5, 0.6) is 0 Å². The van der Waals surface area contributed by atoms with Gasteiger partial charge in [-0.2, -0.15) is 60.8 Å². The molecule has 5 heteroatoms. The molecule has 0 heterocycles.